The van der Waals surface area contributed by atoms with Gasteiger partial charge in [-0.15, -0.1) is 0 Å². The Labute approximate surface area is 189 Å². The standard InChI is InChI=1S/C21H15BrClF3N2O3/c1-13-10-29-20(31-13,11-28-12-27-9-19(28)22)17-7-6-16(8-18(17)23)30-15-4-2-14(3-5-15)21(24,25)26/h2-10,12H,11H2,1H3. The molecule has 2 heterocycles. The third-order valence-electron chi connectivity index (χ3n) is 4.55. The maximum Gasteiger partial charge on any atom is 0.416 e. The number of nitrogens with zero attached hydrogens (tertiary/aromatic N) is 2. The van der Waals surface area contributed by atoms with Crippen molar-refractivity contribution < 1.29 is 27.4 Å². The Bertz CT molecular complexity index is 1130. The number of aromatic nitrogens is 2. The summed E-state index contributed by atoms with van der Waals surface area (Å²) in [5.41, 5.74) is -0.193. The number of benzene rings is 2. The first-order valence-corrected chi connectivity index (χ1v) is 10.2. The Kier molecular flexibility index (Phi) is 5.65. The van der Waals surface area contributed by atoms with E-state index in [9.17, 15) is 13.2 Å². The SMILES string of the molecule is CC1=COC(Cn2cncc2Br)(c2ccc(Oc3ccc(C(F)(F)F)cc3)cc2Cl)O1. The molecule has 10 heteroatoms. The lowest BCUT2D eigenvalue weighted by Gasteiger charge is -2.30. The number of imidazole rings is 1. The molecule has 3 aromatic rings. The van der Waals surface area contributed by atoms with Crippen molar-refractivity contribution in [2.75, 3.05) is 0 Å². The van der Waals surface area contributed by atoms with E-state index in [1.165, 1.54) is 18.4 Å². The monoisotopic (exact) mass is 514 g/mol. The molecule has 1 atom stereocenters. The van der Waals surface area contributed by atoms with Gasteiger partial charge in [0, 0.05) is 0 Å². The normalized spacial score (nSPS) is 18.3. The number of hydrogen-bond acceptors (Lipinski definition) is 4. The van der Waals surface area contributed by atoms with Crippen LogP contribution in [-0.4, -0.2) is 9.55 Å². The van der Waals surface area contributed by atoms with Crippen LogP contribution in [0.25, 0.3) is 0 Å². The Morgan fingerprint density at radius 2 is 1.87 bits per heavy atom. The summed E-state index contributed by atoms with van der Waals surface area (Å²) in [5, 5.41) is 0.309. The molecule has 1 aromatic heterocycles. The average Bonchev–Trinajstić information content (AvgIpc) is 3.28. The van der Waals surface area contributed by atoms with Crippen LogP contribution in [0.15, 0.2) is 71.6 Å². The van der Waals surface area contributed by atoms with Crippen LogP contribution < -0.4 is 4.74 Å². The molecular weight excluding hydrogens is 501 g/mol. The molecular formula is C21H15BrClF3N2O3. The first kappa shape index (κ1) is 21.6. The molecule has 0 saturated carbocycles. The van der Waals surface area contributed by atoms with Crippen LogP contribution in [0.5, 0.6) is 11.5 Å². The molecule has 0 spiro atoms. The van der Waals surface area contributed by atoms with Gasteiger partial charge in [0.1, 0.15) is 34.7 Å². The molecule has 1 aliphatic rings. The number of halogens is 5. The molecule has 0 fully saturated rings. The van der Waals surface area contributed by atoms with Gasteiger partial charge >= 0.3 is 6.18 Å². The molecule has 5 nitrogen and oxygen atoms in total. The molecule has 0 radical (unpaired) electrons. The lowest BCUT2D eigenvalue weighted by Crippen LogP contribution is -2.33. The Morgan fingerprint density at radius 1 is 1.16 bits per heavy atom. The van der Waals surface area contributed by atoms with Gasteiger partial charge in [-0.1, -0.05) is 11.6 Å². The van der Waals surface area contributed by atoms with Gasteiger partial charge in [0.15, 0.2) is 0 Å². The highest BCUT2D eigenvalue weighted by Crippen LogP contribution is 2.42. The van der Waals surface area contributed by atoms with E-state index in [0.717, 1.165) is 16.7 Å². The first-order chi connectivity index (χ1) is 14.7. The van der Waals surface area contributed by atoms with E-state index >= 15 is 0 Å². The van der Waals surface area contributed by atoms with Gasteiger partial charge in [0.2, 0.25) is 0 Å². The van der Waals surface area contributed by atoms with Gasteiger partial charge in [-0.2, -0.15) is 13.2 Å². The maximum absolute atomic E-state index is 12.7. The topological polar surface area (TPSA) is 45.5 Å². The summed E-state index contributed by atoms with van der Waals surface area (Å²) in [6.45, 7) is 2.03. The van der Waals surface area contributed by atoms with Crippen LogP contribution >= 0.6 is 27.5 Å². The second-order valence-electron chi connectivity index (χ2n) is 6.81. The van der Waals surface area contributed by atoms with E-state index in [1.807, 2.05) is 0 Å². The number of allylic oxidation sites excluding steroid dienone is 1. The largest absolute Gasteiger partial charge is 0.457 e. The second-order valence-corrected chi connectivity index (χ2v) is 8.03. The van der Waals surface area contributed by atoms with Crippen molar-refractivity contribution in [1.82, 2.24) is 9.55 Å². The zero-order valence-electron chi connectivity index (χ0n) is 16.0. The fraction of sp³-hybridized carbons (Fsp3) is 0.190. The van der Waals surface area contributed by atoms with Crippen molar-refractivity contribution in [3.8, 4) is 11.5 Å². The third-order valence-corrected chi connectivity index (χ3v) is 5.52. The van der Waals surface area contributed by atoms with Gasteiger partial charge in [0.25, 0.3) is 5.79 Å². The fourth-order valence-corrected chi connectivity index (χ4v) is 3.77. The third kappa shape index (κ3) is 4.52. The van der Waals surface area contributed by atoms with Crippen LogP contribution in [0, 0.1) is 0 Å². The summed E-state index contributed by atoms with van der Waals surface area (Å²) in [5.74, 6) is -0.0237. The zero-order chi connectivity index (χ0) is 22.2. The molecule has 0 saturated heterocycles. The van der Waals surface area contributed by atoms with E-state index in [1.54, 1.807) is 42.2 Å². The predicted molar refractivity (Wildman–Crippen MR) is 111 cm³/mol. The molecule has 0 amide bonds. The summed E-state index contributed by atoms with van der Waals surface area (Å²) in [6, 6.07) is 9.30. The molecule has 2 aromatic carbocycles. The number of hydrogen-bond donors (Lipinski definition) is 0. The van der Waals surface area contributed by atoms with Gasteiger partial charge < -0.3 is 18.8 Å². The summed E-state index contributed by atoms with van der Waals surface area (Å²) >= 11 is 9.95. The summed E-state index contributed by atoms with van der Waals surface area (Å²) in [4.78, 5) is 4.08. The average molecular weight is 516 g/mol. The van der Waals surface area contributed by atoms with Crippen LogP contribution in [0.4, 0.5) is 13.2 Å². The fourth-order valence-electron chi connectivity index (χ4n) is 3.12. The molecule has 0 bridgehead atoms. The van der Waals surface area contributed by atoms with Crippen LogP contribution in [-0.2, 0) is 28.0 Å². The molecule has 1 aliphatic heterocycles. The minimum Gasteiger partial charge on any atom is -0.457 e. The van der Waals surface area contributed by atoms with Crippen LogP contribution in [0.3, 0.4) is 0 Å². The molecule has 0 N–H and O–H groups in total. The van der Waals surface area contributed by atoms with Gasteiger partial charge in [-0.3, -0.25) is 0 Å². The van der Waals surface area contributed by atoms with Crippen molar-refractivity contribution in [3.05, 3.63) is 87.8 Å². The lowest BCUT2D eigenvalue weighted by atomic mass is 10.0. The molecule has 0 aliphatic carbocycles. The molecule has 31 heavy (non-hydrogen) atoms. The predicted octanol–water partition coefficient (Wildman–Crippen LogP) is 6.87. The minimum atomic E-state index is -4.41. The quantitative estimate of drug-likeness (QED) is 0.372. The Morgan fingerprint density at radius 3 is 2.42 bits per heavy atom. The molecule has 162 valence electrons. The highest BCUT2D eigenvalue weighted by atomic mass is 79.9. The first-order valence-electron chi connectivity index (χ1n) is 9.01. The summed E-state index contributed by atoms with van der Waals surface area (Å²) in [6.07, 6.45) is 0.372. The second kappa shape index (κ2) is 8.12. The van der Waals surface area contributed by atoms with Gasteiger partial charge in [-0.25, -0.2) is 4.98 Å². The number of alkyl halides is 3. The number of ether oxygens (including phenoxy) is 3. The van der Waals surface area contributed by atoms with Gasteiger partial charge in [0.05, 0.1) is 28.7 Å². The summed E-state index contributed by atoms with van der Waals surface area (Å²) in [7, 11) is 0. The Balaban J connectivity index is 1.59. The van der Waals surface area contributed by atoms with Crippen molar-refractivity contribution in [2.24, 2.45) is 0 Å². The number of rotatable bonds is 5. The van der Waals surface area contributed by atoms with Crippen LogP contribution in [0.1, 0.15) is 18.1 Å². The highest BCUT2D eigenvalue weighted by Gasteiger charge is 2.43. The minimum absolute atomic E-state index is 0.250. The van der Waals surface area contributed by atoms with Crippen molar-refractivity contribution in [3.63, 3.8) is 0 Å². The van der Waals surface area contributed by atoms with Crippen molar-refractivity contribution >= 4 is 27.5 Å². The Hall–Kier alpha value is -2.65. The van der Waals surface area contributed by atoms with Crippen molar-refractivity contribution in [2.45, 2.75) is 25.4 Å². The van der Waals surface area contributed by atoms with E-state index in [4.69, 9.17) is 25.8 Å². The smallest absolute Gasteiger partial charge is 0.416 e. The zero-order valence-corrected chi connectivity index (χ0v) is 18.3. The lowest BCUT2D eigenvalue weighted by molar-refractivity contribution is -0.167. The van der Waals surface area contributed by atoms with Crippen LogP contribution in [0.2, 0.25) is 5.02 Å². The van der Waals surface area contributed by atoms with E-state index in [-0.39, 0.29) is 12.3 Å². The van der Waals surface area contributed by atoms with E-state index in [2.05, 4.69) is 20.9 Å². The van der Waals surface area contributed by atoms with Gasteiger partial charge in [-0.05, 0) is 65.3 Å². The molecule has 1 unspecified atom stereocenters. The highest BCUT2D eigenvalue weighted by molar-refractivity contribution is 9.10. The van der Waals surface area contributed by atoms with Crippen molar-refractivity contribution in [1.29, 1.82) is 0 Å². The summed E-state index contributed by atoms with van der Waals surface area (Å²) < 4.78 is 58.2. The van der Waals surface area contributed by atoms with E-state index in [0.29, 0.717) is 22.1 Å². The maximum atomic E-state index is 12.7. The van der Waals surface area contributed by atoms with E-state index < -0.39 is 17.5 Å². The molecule has 4 rings (SSSR count).